The Kier molecular flexibility index (Phi) is 7.09. The summed E-state index contributed by atoms with van der Waals surface area (Å²) in [6, 6.07) is -1.09. The summed E-state index contributed by atoms with van der Waals surface area (Å²) < 4.78 is 32.0. The van der Waals surface area contributed by atoms with Gasteiger partial charge in [-0.2, -0.15) is 0 Å². The van der Waals surface area contributed by atoms with E-state index in [1.165, 1.54) is 12.8 Å². The minimum Gasteiger partial charge on any atom is -0.480 e. The summed E-state index contributed by atoms with van der Waals surface area (Å²) in [4.78, 5) is 11.1. The fourth-order valence-electron chi connectivity index (χ4n) is 2.49. The van der Waals surface area contributed by atoms with Crippen molar-refractivity contribution in [2.75, 3.05) is 12.4 Å². The van der Waals surface area contributed by atoms with Crippen LogP contribution in [-0.4, -0.2) is 44.0 Å². The lowest BCUT2D eigenvalue weighted by molar-refractivity contribution is -0.140. The molecule has 0 spiro atoms. The Bertz CT molecular complexity index is 429. The lowest BCUT2D eigenvalue weighted by atomic mass is 10.1. The first-order valence-corrected chi connectivity index (χ1v) is 9.21. The first kappa shape index (κ1) is 18.4. The highest BCUT2D eigenvalue weighted by Crippen LogP contribution is 2.21. The van der Waals surface area contributed by atoms with Crippen LogP contribution in [0.1, 0.15) is 46.5 Å². The summed E-state index contributed by atoms with van der Waals surface area (Å²) >= 11 is 0. The Hall–Kier alpha value is -0.660. The Labute approximate surface area is 127 Å². The van der Waals surface area contributed by atoms with Crippen molar-refractivity contribution in [3.05, 3.63) is 0 Å². The van der Waals surface area contributed by atoms with Crippen LogP contribution >= 0.6 is 0 Å². The molecule has 2 unspecified atom stereocenters. The molecule has 1 aliphatic rings. The van der Waals surface area contributed by atoms with Crippen LogP contribution < -0.4 is 4.72 Å². The molecule has 0 amide bonds. The van der Waals surface area contributed by atoms with E-state index >= 15 is 0 Å². The Morgan fingerprint density at radius 2 is 1.86 bits per heavy atom. The molecular formula is C14H27NO5S. The summed E-state index contributed by atoms with van der Waals surface area (Å²) in [6.07, 6.45) is 4.70. The minimum absolute atomic E-state index is 0.115. The van der Waals surface area contributed by atoms with E-state index in [1.54, 1.807) is 20.8 Å². The monoisotopic (exact) mass is 321 g/mol. The number of carboxylic acid groups (broad SMARTS) is 1. The van der Waals surface area contributed by atoms with E-state index < -0.39 is 22.0 Å². The summed E-state index contributed by atoms with van der Waals surface area (Å²) in [5, 5.41) is 9.04. The summed E-state index contributed by atoms with van der Waals surface area (Å²) in [5.41, 5.74) is 0. The molecule has 1 rings (SSSR count). The first-order valence-electron chi connectivity index (χ1n) is 7.55. The SMILES string of the molecule is CC(COC1CCCC1)CS(=O)(=O)NC(C(=O)O)C(C)C. The smallest absolute Gasteiger partial charge is 0.321 e. The number of ether oxygens (including phenoxy) is 1. The van der Waals surface area contributed by atoms with E-state index in [9.17, 15) is 13.2 Å². The fourth-order valence-corrected chi connectivity index (χ4v) is 4.19. The van der Waals surface area contributed by atoms with Crippen molar-refractivity contribution in [1.82, 2.24) is 4.72 Å². The highest BCUT2D eigenvalue weighted by Gasteiger charge is 2.28. The van der Waals surface area contributed by atoms with Gasteiger partial charge in [0.05, 0.1) is 18.5 Å². The van der Waals surface area contributed by atoms with Gasteiger partial charge >= 0.3 is 5.97 Å². The van der Waals surface area contributed by atoms with Crippen molar-refractivity contribution in [1.29, 1.82) is 0 Å². The Balaban J connectivity index is 2.44. The molecule has 0 aliphatic heterocycles. The molecule has 0 radical (unpaired) electrons. The third-order valence-electron chi connectivity index (χ3n) is 3.66. The second-order valence-electron chi connectivity index (χ2n) is 6.30. The predicted octanol–water partition coefficient (Wildman–Crippen LogP) is 1.61. The topological polar surface area (TPSA) is 92.7 Å². The van der Waals surface area contributed by atoms with E-state index in [0.29, 0.717) is 6.61 Å². The molecule has 21 heavy (non-hydrogen) atoms. The maximum atomic E-state index is 12.0. The molecule has 1 fully saturated rings. The normalized spacial score (nSPS) is 19.8. The van der Waals surface area contributed by atoms with Gasteiger partial charge in [0.15, 0.2) is 0 Å². The van der Waals surface area contributed by atoms with E-state index in [2.05, 4.69) is 4.72 Å². The number of hydrogen-bond acceptors (Lipinski definition) is 4. The maximum Gasteiger partial charge on any atom is 0.321 e. The van der Waals surface area contributed by atoms with Gasteiger partial charge in [-0.15, -0.1) is 0 Å². The standard InChI is InChI=1S/C14H27NO5S/c1-10(2)13(14(16)17)15-21(18,19)9-11(3)8-20-12-6-4-5-7-12/h10-13,15H,4-9H2,1-3H3,(H,16,17). The lowest BCUT2D eigenvalue weighted by Crippen LogP contribution is -2.46. The van der Waals surface area contributed by atoms with Crippen molar-refractivity contribution < 1.29 is 23.1 Å². The summed E-state index contributed by atoms with van der Waals surface area (Å²) in [6.45, 7) is 5.55. The van der Waals surface area contributed by atoms with Crippen LogP contribution in [0.25, 0.3) is 0 Å². The zero-order valence-electron chi connectivity index (χ0n) is 13.0. The molecule has 0 aromatic rings. The second kappa shape index (κ2) is 8.10. The number of carbonyl (C=O) groups is 1. The average Bonchev–Trinajstić information content (AvgIpc) is 2.85. The third-order valence-corrected chi connectivity index (χ3v) is 5.28. The third kappa shape index (κ3) is 6.76. The molecule has 2 atom stereocenters. The predicted molar refractivity (Wildman–Crippen MR) is 80.6 cm³/mol. The molecule has 1 saturated carbocycles. The summed E-state index contributed by atoms with van der Waals surface area (Å²) in [7, 11) is -3.63. The van der Waals surface area contributed by atoms with Crippen LogP contribution in [-0.2, 0) is 19.6 Å². The molecule has 0 aromatic heterocycles. The van der Waals surface area contributed by atoms with Gasteiger partial charge in [0.2, 0.25) is 10.0 Å². The minimum atomic E-state index is -3.63. The fraction of sp³-hybridized carbons (Fsp3) is 0.929. The largest absolute Gasteiger partial charge is 0.480 e. The van der Waals surface area contributed by atoms with Gasteiger partial charge in [0, 0.05) is 0 Å². The highest BCUT2D eigenvalue weighted by molar-refractivity contribution is 7.89. The lowest BCUT2D eigenvalue weighted by Gasteiger charge is -2.20. The van der Waals surface area contributed by atoms with Gasteiger partial charge in [-0.1, -0.05) is 33.6 Å². The van der Waals surface area contributed by atoms with Crippen LogP contribution in [0.5, 0.6) is 0 Å². The van der Waals surface area contributed by atoms with E-state index in [0.717, 1.165) is 12.8 Å². The first-order chi connectivity index (χ1) is 9.71. The van der Waals surface area contributed by atoms with Gasteiger partial charge < -0.3 is 9.84 Å². The van der Waals surface area contributed by atoms with Crippen LogP contribution in [0.15, 0.2) is 0 Å². The molecule has 0 heterocycles. The highest BCUT2D eigenvalue weighted by atomic mass is 32.2. The van der Waals surface area contributed by atoms with Crippen LogP contribution in [0.2, 0.25) is 0 Å². The molecule has 1 aliphatic carbocycles. The van der Waals surface area contributed by atoms with Gasteiger partial charge in [0.25, 0.3) is 0 Å². The molecule has 2 N–H and O–H groups in total. The zero-order chi connectivity index (χ0) is 16.0. The van der Waals surface area contributed by atoms with Crippen LogP contribution in [0, 0.1) is 11.8 Å². The zero-order valence-corrected chi connectivity index (χ0v) is 13.9. The number of nitrogens with one attached hydrogen (secondary N) is 1. The van der Waals surface area contributed by atoms with E-state index in [-0.39, 0.29) is 23.7 Å². The molecule has 0 bridgehead atoms. The van der Waals surface area contributed by atoms with Gasteiger partial charge in [-0.25, -0.2) is 13.1 Å². The maximum absolute atomic E-state index is 12.0. The van der Waals surface area contributed by atoms with E-state index in [1.807, 2.05) is 0 Å². The van der Waals surface area contributed by atoms with Crippen molar-refractivity contribution >= 4 is 16.0 Å². The number of sulfonamides is 1. The number of carboxylic acids is 1. The molecule has 0 aromatic carbocycles. The van der Waals surface area contributed by atoms with Crippen molar-refractivity contribution in [2.24, 2.45) is 11.8 Å². The van der Waals surface area contributed by atoms with Crippen LogP contribution in [0.4, 0.5) is 0 Å². The van der Waals surface area contributed by atoms with E-state index in [4.69, 9.17) is 9.84 Å². The van der Waals surface area contributed by atoms with Gasteiger partial charge in [0.1, 0.15) is 6.04 Å². The number of rotatable bonds is 9. The quantitative estimate of drug-likeness (QED) is 0.673. The number of hydrogen-bond donors (Lipinski definition) is 2. The van der Waals surface area contributed by atoms with Crippen molar-refractivity contribution in [3.63, 3.8) is 0 Å². The molecule has 0 saturated heterocycles. The van der Waals surface area contributed by atoms with Crippen molar-refractivity contribution in [2.45, 2.75) is 58.6 Å². The second-order valence-corrected chi connectivity index (χ2v) is 8.10. The molecule has 7 heteroatoms. The Morgan fingerprint density at radius 1 is 1.29 bits per heavy atom. The average molecular weight is 321 g/mol. The van der Waals surface area contributed by atoms with Gasteiger partial charge in [-0.3, -0.25) is 4.79 Å². The Morgan fingerprint density at radius 3 is 2.33 bits per heavy atom. The van der Waals surface area contributed by atoms with Crippen molar-refractivity contribution in [3.8, 4) is 0 Å². The molecular weight excluding hydrogens is 294 g/mol. The number of aliphatic carboxylic acids is 1. The van der Waals surface area contributed by atoms with Gasteiger partial charge in [-0.05, 0) is 24.7 Å². The summed E-state index contributed by atoms with van der Waals surface area (Å²) in [5.74, 6) is -1.73. The molecule has 124 valence electrons. The molecule has 6 nitrogen and oxygen atoms in total. The van der Waals surface area contributed by atoms with Crippen LogP contribution in [0.3, 0.4) is 0 Å².